The van der Waals surface area contributed by atoms with Gasteiger partial charge >= 0.3 is 0 Å². The lowest BCUT2D eigenvalue weighted by Gasteiger charge is -2.19. The normalized spacial score (nSPS) is 21.7. The number of nitrogens with zero attached hydrogens (tertiary/aromatic N) is 3. The Bertz CT molecular complexity index is 924. The molecule has 1 aromatic heterocycles. The van der Waals surface area contributed by atoms with Crippen molar-refractivity contribution >= 4 is 15.5 Å². The lowest BCUT2D eigenvalue weighted by molar-refractivity contribution is 0.346. The third-order valence-corrected chi connectivity index (χ3v) is 6.50. The van der Waals surface area contributed by atoms with Gasteiger partial charge in [-0.05, 0) is 50.6 Å². The van der Waals surface area contributed by atoms with E-state index in [4.69, 9.17) is 4.52 Å². The first-order chi connectivity index (χ1) is 12.9. The monoisotopic (exact) mass is 394 g/mol. The van der Waals surface area contributed by atoms with Crippen LogP contribution in [0.25, 0.3) is 0 Å². The van der Waals surface area contributed by atoms with Crippen molar-refractivity contribution in [3.63, 3.8) is 0 Å². The molecule has 2 aliphatic rings. The van der Waals surface area contributed by atoms with Crippen LogP contribution < -0.4 is 10.2 Å². The van der Waals surface area contributed by atoms with E-state index in [2.05, 4.69) is 15.5 Å². The van der Waals surface area contributed by atoms with Crippen LogP contribution in [0.2, 0.25) is 0 Å². The second-order valence-corrected chi connectivity index (χ2v) is 9.35. The first-order valence-corrected chi connectivity index (χ1v) is 11.1. The van der Waals surface area contributed by atoms with Crippen LogP contribution in [0.3, 0.4) is 0 Å². The van der Waals surface area contributed by atoms with Gasteiger partial charge < -0.3 is 14.7 Å². The number of benzene rings is 1. The Morgan fingerprint density at radius 2 is 2.00 bits per heavy atom. The minimum atomic E-state index is -3.42. The molecule has 0 spiro atoms. The Morgan fingerprint density at radius 1 is 1.22 bits per heavy atom. The molecule has 9 heteroatoms. The van der Waals surface area contributed by atoms with E-state index in [1.165, 1.54) is 12.1 Å². The lowest BCUT2D eigenvalue weighted by atomic mass is 9.97. The summed E-state index contributed by atoms with van der Waals surface area (Å²) >= 11 is 0. The second kappa shape index (κ2) is 7.20. The highest BCUT2D eigenvalue weighted by molar-refractivity contribution is 7.90. The lowest BCUT2D eigenvalue weighted by Crippen LogP contribution is -2.27. The van der Waals surface area contributed by atoms with E-state index in [9.17, 15) is 12.8 Å². The van der Waals surface area contributed by atoms with Gasteiger partial charge in [-0.2, -0.15) is 4.98 Å². The van der Waals surface area contributed by atoms with Crippen LogP contribution >= 0.6 is 0 Å². The van der Waals surface area contributed by atoms with Crippen LogP contribution in [-0.2, 0) is 9.84 Å². The topological polar surface area (TPSA) is 88.3 Å². The molecule has 0 bridgehead atoms. The fraction of sp³-hybridized carbons (Fsp3) is 0.556. The molecule has 27 heavy (non-hydrogen) atoms. The summed E-state index contributed by atoms with van der Waals surface area (Å²) in [4.78, 5) is 6.50. The van der Waals surface area contributed by atoms with E-state index in [0.717, 1.165) is 50.5 Å². The van der Waals surface area contributed by atoms with Crippen molar-refractivity contribution in [1.82, 2.24) is 15.5 Å². The third kappa shape index (κ3) is 3.84. The standard InChI is InChI=1S/C18H23FN4O3S/c1-27(24,25)14-2-3-16(15(19)10-14)23-9-6-13(11-23)18-21-17(22-26-18)12-4-7-20-8-5-12/h2-3,10,12-13,20H,4-9,11H2,1H3/t13-/m0/s1. The highest BCUT2D eigenvalue weighted by Crippen LogP contribution is 2.33. The predicted octanol–water partition coefficient (Wildman–Crippen LogP) is 2.07. The molecule has 4 rings (SSSR count). The largest absolute Gasteiger partial charge is 0.368 e. The maximum absolute atomic E-state index is 14.4. The molecule has 0 amide bonds. The Balaban J connectivity index is 1.47. The van der Waals surface area contributed by atoms with Crippen molar-refractivity contribution in [2.45, 2.75) is 36.0 Å². The minimum absolute atomic E-state index is 0.0111. The second-order valence-electron chi connectivity index (χ2n) is 7.33. The van der Waals surface area contributed by atoms with Crippen molar-refractivity contribution in [3.05, 3.63) is 35.7 Å². The van der Waals surface area contributed by atoms with E-state index >= 15 is 0 Å². The van der Waals surface area contributed by atoms with Crippen molar-refractivity contribution < 1.29 is 17.3 Å². The summed E-state index contributed by atoms with van der Waals surface area (Å²) in [5.41, 5.74) is 0.406. The van der Waals surface area contributed by atoms with Crippen LogP contribution in [0.1, 0.15) is 42.8 Å². The van der Waals surface area contributed by atoms with Gasteiger partial charge in [0.1, 0.15) is 5.82 Å². The third-order valence-electron chi connectivity index (χ3n) is 5.39. The molecular weight excluding hydrogens is 371 g/mol. The van der Waals surface area contributed by atoms with Gasteiger partial charge in [0.25, 0.3) is 0 Å². The van der Waals surface area contributed by atoms with E-state index in [-0.39, 0.29) is 10.8 Å². The van der Waals surface area contributed by atoms with Gasteiger partial charge in [0, 0.05) is 25.3 Å². The van der Waals surface area contributed by atoms with Gasteiger partial charge in [-0.15, -0.1) is 0 Å². The van der Waals surface area contributed by atoms with Gasteiger partial charge in [-0.3, -0.25) is 0 Å². The summed E-state index contributed by atoms with van der Waals surface area (Å²) in [6.07, 6.45) is 3.88. The van der Waals surface area contributed by atoms with Crippen LogP contribution in [0, 0.1) is 5.82 Å². The Hall–Kier alpha value is -2.00. The minimum Gasteiger partial charge on any atom is -0.368 e. The Labute approximate surface area is 157 Å². The maximum atomic E-state index is 14.4. The number of aromatic nitrogens is 2. The molecule has 0 unspecified atom stereocenters. The molecule has 7 nitrogen and oxygen atoms in total. The van der Waals surface area contributed by atoms with Crippen LogP contribution in [0.5, 0.6) is 0 Å². The van der Waals surface area contributed by atoms with E-state index in [0.29, 0.717) is 30.6 Å². The molecule has 2 saturated heterocycles. The Morgan fingerprint density at radius 3 is 2.70 bits per heavy atom. The summed E-state index contributed by atoms with van der Waals surface area (Å²) in [7, 11) is -3.42. The SMILES string of the molecule is CS(=O)(=O)c1ccc(N2CC[C@H](c3nc(C4CCNCC4)no3)C2)c(F)c1. The average Bonchev–Trinajstić information content (AvgIpc) is 3.31. The zero-order valence-electron chi connectivity index (χ0n) is 15.2. The molecule has 146 valence electrons. The molecule has 1 N–H and O–H groups in total. The smallest absolute Gasteiger partial charge is 0.231 e. The molecule has 3 heterocycles. The number of piperidine rings is 1. The molecule has 2 aromatic rings. The average molecular weight is 394 g/mol. The summed E-state index contributed by atoms with van der Waals surface area (Å²) < 4.78 is 43.1. The molecule has 1 atom stereocenters. The molecule has 2 aliphatic heterocycles. The van der Waals surface area contributed by atoms with Gasteiger partial charge in [0.2, 0.25) is 5.89 Å². The molecule has 2 fully saturated rings. The van der Waals surface area contributed by atoms with Crippen molar-refractivity contribution in [2.24, 2.45) is 0 Å². The predicted molar refractivity (Wildman–Crippen MR) is 98.2 cm³/mol. The molecule has 0 radical (unpaired) electrons. The summed E-state index contributed by atoms with van der Waals surface area (Å²) in [5.74, 6) is 1.25. The molecular formula is C18H23FN4O3S. The van der Waals surface area contributed by atoms with Crippen LogP contribution in [0.15, 0.2) is 27.6 Å². The summed E-state index contributed by atoms with van der Waals surface area (Å²) in [6, 6.07) is 4.06. The number of sulfone groups is 1. The van der Waals surface area contributed by atoms with E-state index in [1.807, 2.05) is 4.90 Å². The quantitative estimate of drug-likeness (QED) is 0.849. The van der Waals surface area contributed by atoms with Gasteiger partial charge in [0.15, 0.2) is 15.7 Å². The zero-order chi connectivity index (χ0) is 19.0. The number of hydrogen-bond donors (Lipinski definition) is 1. The molecule has 0 saturated carbocycles. The maximum Gasteiger partial charge on any atom is 0.231 e. The fourth-order valence-corrected chi connectivity index (χ4v) is 4.45. The van der Waals surface area contributed by atoms with Crippen molar-refractivity contribution in [2.75, 3.05) is 37.3 Å². The van der Waals surface area contributed by atoms with Crippen LogP contribution in [0.4, 0.5) is 10.1 Å². The van der Waals surface area contributed by atoms with Crippen molar-refractivity contribution in [3.8, 4) is 0 Å². The molecule has 0 aliphatic carbocycles. The summed E-state index contributed by atoms with van der Waals surface area (Å²) in [5, 5.41) is 7.49. The fourth-order valence-electron chi connectivity index (χ4n) is 3.81. The van der Waals surface area contributed by atoms with E-state index < -0.39 is 15.7 Å². The number of hydrogen-bond acceptors (Lipinski definition) is 7. The molecule has 1 aromatic carbocycles. The number of anilines is 1. The zero-order valence-corrected chi connectivity index (χ0v) is 16.0. The van der Waals surface area contributed by atoms with Gasteiger partial charge in [0.05, 0.1) is 16.5 Å². The van der Waals surface area contributed by atoms with Crippen molar-refractivity contribution in [1.29, 1.82) is 0 Å². The van der Waals surface area contributed by atoms with Gasteiger partial charge in [-0.25, -0.2) is 12.8 Å². The highest BCUT2D eigenvalue weighted by Gasteiger charge is 2.31. The van der Waals surface area contributed by atoms with Crippen LogP contribution in [-0.4, -0.2) is 51.0 Å². The van der Waals surface area contributed by atoms with E-state index in [1.54, 1.807) is 0 Å². The number of halogens is 1. The Kier molecular flexibility index (Phi) is 4.90. The number of nitrogens with one attached hydrogen (secondary N) is 1. The van der Waals surface area contributed by atoms with Gasteiger partial charge in [-0.1, -0.05) is 5.16 Å². The first kappa shape index (κ1) is 18.4. The summed E-state index contributed by atoms with van der Waals surface area (Å²) in [6.45, 7) is 3.16. The highest BCUT2D eigenvalue weighted by atomic mass is 32.2. The number of rotatable bonds is 4. The first-order valence-electron chi connectivity index (χ1n) is 9.20.